The summed E-state index contributed by atoms with van der Waals surface area (Å²) in [5.41, 5.74) is 7.57. The van der Waals surface area contributed by atoms with Crippen molar-refractivity contribution in [1.82, 2.24) is 0 Å². The third kappa shape index (κ3) is 3.91. The zero-order valence-electron chi connectivity index (χ0n) is 16.2. The lowest BCUT2D eigenvalue weighted by Crippen LogP contribution is -2.10. The van der Waals surface area contributed by atoms with Gasteiger partial charge >= 0.3 is 0 Å². The summed E-state index contributed by atoms with van der Waals surface area (Å²) in [4.78, 5) is 0. The van der Waals surface area contributed by atoms with E-state index in [0.29, 0.717) is 19.8 Å². The molecule has 0 saturated carbocycles. The van der Waals surface area contributed by atoms with Crippen molar-refractivity contribution in [3.05, 3.63) is 88.2 Å². The molecule has 1 aliphatic carbocycles. The van der Waals surface area contributed by atoms with Crippen LogP contribution in [0.2, 0.25) is 0 Å². The van der Waals surface area contributed by atoms with Crippen LogP contribution in [0.5, 0.6) is 0 Å². The minimum atomic E-state index is 0.173. The van der Waals surface area contributed by atoms with E-state index in [2.05, 4.69) is 68.5 Å². The molecule has 0 N–H and O–H groups in total. The molecule has 0 radical (unpaired) electrons. The van der Waals surface area contributed by atoms with Crippen LogP contribution in [0.1, 0.15) is 42.0 Å². The van der Waals surface area contributed by atoms with Gasteiger partial charge in [0.2, 0.25) is 0 Å². The van der Waals surface area contributed by atoms with E-state index < -0.39 is 0 Å². The lowest BCUT2D eigenvalue weighted by molar-refractivity contribution is 0.160. The fourth-order valence-corrected chi connectivity index (χ4v) is 3.44. The average molecular weight is 348 g/mol. The van der Waals surface area contributed by atoms with Gasteiger partial charge in [-0.15, -0.1) is 0 Å². The first-order chi connectivity index (χ1) is 12.6. The third-order valence-electron chi connectivity index (χ3n) is 4.82. The van der Waals surface area contributed by atoms with Crippen LogP contribution in [0.15, 0.2) is 65.9 Å². The molecule has 3 rings (SSSR count). The number of allylic oxidation sites excluding steroid dienone is 2. The van der Waals surface area contributed by atoms with Crippen molar-refractivity contribution < 1.29 is 9.47 Å². The van der Waals surface area contributed by atoms with E-state index in [-0.39, 0.29) is 5.92 Å². The van der Waals surface area contributed by atoms with Gasteiger partial charge in [0.25, 0.3) is 0 Å². The van der Waals surface area contributed by atoms with E-state index in [9.17, 15) is 0 Å². The first kappa shape index (κ1) is 18.5. The minimum absolute atomic E-state index is 0.173. The molecule has 0 aliphatic heterocycles. The Labute approximate surface area is 157 Å². The Morgan fingerprint density at radius 1 is 0.808 bits per heavy atom. The van der Waals surface area contributed by atoms with Gasteiger partial charge in [-0.05, 0) is 50.5 Å². The van der Waals surface area contributed by atoms with Crippen LogP contribution >= 0.6 is 0 Å². The highest BCUT2D eigenvalue weighted by atomic mass is 16.5. The summed E-state index contributed by atoms with van der Waals surface area (Å²) in [5, 5.41) is 0. The number of ether oxygens (including phenoxy) is 2. The minimum Gasteiger partial charge on any atom is -0.494 e. The molecule has 0 saturated heterocycles. The number of aryl methyl sites for hydroxylation is 2. The molecule has 1 atom stereocenters. The molecular formula is C24H28O2. The molecular weight excluding hydrogens is 320 g/mol. The molecule has 1 unspecified atom stereocenters. The summed E-state index contributed by atoms with van der Waals surface area (Å²) in [6, 6.07) is 17.6. The van der Waals surface area contributed by atoms with Crippen LogP contribution in [0.3, 0.4) is 0 Å². The molecule has 2 aromatic carbocycles. The predicted molar refractivity (Wildman–Crippen MR) is 108 cm³/mol. The van der Waals surface area contributed by atoms with Gasteiger partial charge in [-0.2, -0.15) is 0 Å². The molecule has 0 spiro atoms. The molecule has 0 heterocycles. The highest BCUT2D eigenvalue weighted by Gasteiger charge is 2.31. The maximum atomic E-state index is 5.99. The third-order valence-corrected chi connectivity index (χ3v) is 4.82. The zero-order valence-corrected chi connectivity index (χ0v) is 16.2. The Hall–Kier alpha value is -2.32. The van der Waals surface area contributed by atoms with Gasteiger partial charge in [-0.25, -0.2) is 0 Å². The van der Waals surface area contributed by atoms with Gasteiger partial charge < -0.3 is 9.47 Å². The van der Waals surface area contributed by atoms with Gasteiger partial charge in [-0.1, -0.05) is 59.7 Å². The molecule has 0 amide bonds. The van der Waals surface area contributed by atoms with Crippen molar-refractivity contribution in [2.24, 2.45) is 0 Å². The first-order valence-electron chi connectivity index (χ1n) is 9.42. The maximum Gasteiger partial charge on any atom is 0.122 e. The van der Waals surface area contributed by atoms with E-state index in [1.54, 1.807) is 0 Å². The van der Waals surface area contributed by atoms with E-state index in [1.165, 1.54) is 33.4 Å². The van der Waals surface area contributed by atoms with Gasteiger partial charge in [0.05, 0.1) is 13.2 Å². The molecule has 136 valence electrons. The maximum absolute atomic E-state index is 5.99. The summed E-state index contributed by atoms with van der Waals surface area (Å²) in [6.45, 7) is 10.3. The van der Waals surface area contributed by atoms with Crippen LogP contribution in [0.25, 0.3) is 5.57 Å². The van der Waals surface area contributed by atoms with E-state index in [4.69, 9.17) is 9.47 Å². The molecule has 1 aliphatic rings. The fraction of sp³-hybridized carbons (Fsp3) is 0.333. The number of benzene rings is 2. The van der Waals surface area contributed by atoms with Gasteiger partial charge in [0.15, 0.2) is 0 Å². The molecule has 0 fully saturated rings. The Morgan fingerprint density at radius 2 is 1.42 bits per heavy atom. The van der Waals surface area contributed by atoms with E-state index in [0.717, 1.165) is 5.76 Å². The van der Waals surface area contributed by atoms with E-state index in [1.807, 2.05) is 13.8 Å². The highest BCUT2D eigenvalue weighted by molar-refractivity contribution is 5.80. The average Bonchev–Trinajstić information content (AvgIpc) is 3.00. The smallest absolute Gasteiger partial charge is 0.122 e. The Balaban J connectivity index is 2.07. The van der Waals surface area contributed by atoms with Crippen molar-refractivity contribution in [3.63, 3.8) is 0 Å². The molecule has 2 heteroatoms. The Kier molecular flexibility index (Phi) is 5.95. The summed E-state index contributed by atoms with van der Waals surface area (Å²) in [7, 11) is 0. The summed E-state index contributed by atoms with van der Waals surface area (Å²) < 4.78 is 11.8. The molecule has 2 aromatic rings. The molecule has 2 nitrogen and oxygen atoms in total. The van der Waals surface area contributed by atoms with Crippen LogP contribution in [0.4, 0.5) is 0 Å². The van der Waals surface area contributed by atoms with Crippen LogP contribution in [-0.2, 0) is 9.47 Å². The van der Waals surface area contributed by atoms with Crippen LogP contribution < -0.4 is 0 Å². The predicted octanol–water partition coefficient (Wildman–Crippen LogP) is 5.81. The van der Waals surface area contributed by atoms with Gasteiger partial charge in [0, 0.05) is 18.1 Å². The SMILES string of the molecule is CCOCC1=C(OCC)C=C(c2ccc(C)cc2)C1c1ccc(C)cc1. The van der Waals surface area contributed by atoms with Crippen molar-refractivity contribution in [2.75, 3.05) is 19.8 Å². The van der Waals surface area contributed by atoms with E-state index >= 15 is 0 Å². The fourth-order valence-electron chi connectivity index (χ4n) is 3.44. The van der Waals surface area contributed by atoms with Crippen molar-refractivity contribution >= 4 is 5.57 Å². The second-order valence-corrected chi connectivity index (χ2v) is 6.77. The van der Waals surface area contributed by atoms with Crippen molar-refractivity contribution in [1.29, 1.82) is 0 Å². The largest absolute Gasteiger partial charge is 0.494 e. The Morgan fingerprint density at radius 3 is 2.00 bits per heavy atom. The first-order valence-corrected chi connectivity index (χ1v) is 9.42. The second kappa shape index (κ2) is 8.37. The van der Waals surface area contributed by atoms with Crippen LogP contribution in [0, 0.1) is 13.8 Å². The topological polar surface area (TPSA) is 18.5 Å². The van der Waals surface area contributed by atoms with Crippen molar-refractivity contribution in [3.8, 4) is 0 Å². The standard InChI is InChI=1S/C24H28O2/c1-5-25-16-22-23(26-6-2)15-21(19-11-7-17(3)8-12-19)24(22)20-13-9-18(4)10-14-20/h7-15,24H,5-6,16H2,1-4H3. The van der Waals surface area contributed by atoms with Gasteiger partial charge in [-0.3, -0.25) is 0 Å². The summed E-state index contributed by atoms with van der Waals surface area (Å²) in [5.74, 6) is 1.13. The quantitative estimate of drug-likeness (QED) is 0.628. The zero-order chi connectivity index (χ0) is 18.5. The molecule has 0 bridgehead atoms. The number of hydrogen-bond donors (Lipinski definition) is 0. The highest BCUT2D eigenvalue weighted by Crippen LogP contribution is 2.45. The van der Waals surface area contributed by atoms with Crippen LogP contribution in [-0.4, -0.2) is 19.8 Å². The lowest BCUT2D eigenvalue weighted by Gasteiger charge is -2.21. The normalized spacial score (nSPS) is 16.8. The number of rotatable bonds is 7. The second-order valence-electron chi connectivity index (χ2n) is 6.77. The summed E-state index contributed by atoms with van der Waals surface area (Å²) >= 11 is 0. The van der Waals surface area contributed by atoms with Crippen molar-refractivity contribution in [2.45, 2.75) is 33.6 Å². The number of hydrogen-bond acceptors (Lipinski definition) is 2. The summed E-state index contributed by atoms with van der Waals surface area (Å²) in [6.07, 6.45) is 2.20. The van der Waals surface area contributed by atoms with Gasteiger partial charge in [0.1, 0.15) is 5.76 Å². The Bertz CT molecular complexity index is 795. The molecule has 0 aromatic heterocycles. The monoisotopic (exact) mass is 348 g/mol. The lowest BCUT2D eigenvalue weighted by atomic mass is 9.84. The molecule has 26 heavy (non-hydrogen) atoms.